The van der Waals surface area contributed by atoms with E-state index in [1.165, 1.54) is 0 Å². The Balaban J connectivity index is 1.81. The summed E-state index contributed by atoms with van der Waals surface area (Å²) in [5, 5.41) is 22.0. The highest BCUT2D eigenvalue weighted by atomic mass is 15.4. The second-order valence-electron chi connectivity index (χ2n) is 4.11. The zero-order valence-electron chi connectivity index (χ0n) is 9.75. The third kappa shape index (κ3) is 1.52. The van der Waals surface area contributed by atoms with Gasteiger partial charge in [-0.15, -0.1) is 5.10 Å². The van der Waals surface area contributed by atoms with E-state index in [2.05, 4.69) is 35.9 Å². The zero-order chi connectivity index (χ0) is 12.7. The topological polar surface area (TPSA) is 95.2 Å². The Morgan fingerprint density at radius 3 is 2.95 bits per heavy atom. The van der Waals surface area contributed by atoms with Crippen molar-refractivity contribution >= 4 is 22.5 Å². The average molecular weight is 251 g/mol. The maximum atomic E-state index is 4.25. The molecule has 19 heavy (non-hydrogen) atoms. The van der Waals surface area contributed by atoms with E-state index in [1.807, 2.05) is 30.3 Å². The highest BCUT2D eigenvalue weighted by molar-refractivity contribution is 5.92. The molecular weight excluding hydrogens is 242 g/mol. The Hall–Kier alpha value is -2.96. The minimum atomic E-state index is 0.580. The van der Waals surface area contributed by atoms with Crippen LogP contribution < -0.4 is 5.32 Å². The number of benzene rings is 1. The average Bonchev–Trinajstić information content (AvgIpc) is 3.06. The van der Waals surface area contributed by atoms with Crippen molar-refractivity contribution in [1.29, 1.82) is 0 Å². The molecule has 3 heterocycles. The standard InChI is InChI=1S/C12H9N7/c1-2-4-8-7(3-1)11(17-15-8)14-12-10-9(5-6-13-10)16-19-18-12/h1-6H,(H,16,18)(H2,14,15,17). The van der Waals surface area contributed by atoms with Crippen LogP contribution in [0, 0.1) is 0 Å². The van der Waals surface area contributed by atoms with E-state index in [1.54, 1.807) is 6.20 Å². The summed E-state index contributed by atoms with van der Waals surface area (Å²) in [5.41, 5.74) is 2.53. The van der Waals surface area contributed by atoms with Gasteiger partial charge in [-0.05, 0) is 18.2 Å². The Kier molecular flexibility index (Phi) is 1.99. The lowest BCUT2D eigenvalue weighted by Gasteiger charge is -2.05. The lowest BCUT2D eigenvalue weighted by Crippen LogP contribution is -2.01. The summed E-state index contributed by atoms with van der Waals surface area (Å²) in [4.78, 5) is 4.25. The summed E-state index contributed by atoms with van der Waals surface area (Å²) in [7, 11) is 0. The Bertz CT molecular complexity index is 816. The highest BCUT2D eigenvalue weighted by Crippen LogP contribution is 2.28. The molecule has 1 aromatic heterocycles. The molecule has 0 radical (unpaired) electrons. The maximum Gasteiger partial charge on any atom is 0.184 e. The van der Waals surface area contributed by atoms with Gasteiger partial charge in [-0.25, -0.2) is 0 Å². The van der Waals surface area contributed by atoms with Gasteiger partial charge < -0.3 is 5.32 Å². The molecule has 92 valence electrons. The predicted molar refractivity (Wildman–Crippen MR) is 70.2 cm³/mol. The molecule has 2 aliphatic heterocycles. The summed E-state index contributed by atoms with van der Waals surface area (Å²) in [6, 6.07) is 9.72. The van der Waals surface area contributed by atoms with Crippen LogP contribution in [0.25, 0.3) is 22.3 Å². The normalized spacial score (nSPS) is 11.2. The maximum absolute atomic E-state index is 4.25. The molecule has 0 saturated carbocycles. The summed E-state index contributed by atoms with van der Waals surface area (Å²) >= 11 is 0. The van der Waals surface area contributed by atoms with Crippen LogP contribution in [0.1, 0.15) is 0 Å². The fraction of sp³-hybridized carbons (Fsp3) is 0. The van der Waals surface area contributed by atoms with E-state index >= 15 is 0 Å². The lowest BCUT2D eigenvalue weighted by molar-refractivity contribution is 0.872. The molecule has 4 rings (SSSR count). The number of anilines is 2. The summed E-state index contributed by atoms with van der Waals surface area (Å²) in [6.07, 6.45) is 1.71. The van der Waals surface area contributed by atoms with Gasteiger partial charge in [0.25, 0.3) is 0 Å². The van der Waals surface area contributed by atoms with Crippen molar-refractivity contribution in [3.05, 3.63) is 36.5 Å². The molecule has 0 saturated heterocycles. The van der Waals surface area contributed by atoms with Crippen LogP contribution in [0.3, 0.4) is 0 Å². The Morgan fingerprint density at radius 2 is 1.95 bits per heavy atom. The van der Waals surface area contributed by atoms with Crippen LogP contribution in [0.5, 0.6) is 0 Å². The molecule has 0 atom stereocenters. The zero-order valence-corrected chi connectivity index (χ0v) is 9.75. The first-order valence-corrected chi connectivity index (χ1v) is 5.78. The van der Waals surface area contributed by atoms with Crippen LogP contribution in [0.2, 0.25) is 0 Å². The van der Waals surface area contributed by atoms with Gasteiger partial charge in [0.2, 0.25) is 0 Å². The van der Waals surface area contributed by atoms with Gasteiger partial charge in [-0.3, -0.25) is 15.2 Å². The molecule has 3 N–H and O–H groups in total. The van der Waals surface area contributed by atoms with E-state index < -0.39 is 0 Å². The minimum absolute atomic E-state index is 0.580. The Morgan fingerprint density at radius 1 is 1.00 bits per heavy atom. The molecule has 0 amide bonds. The van der Waals surface area contributed by atoms with E-state index in [-0.39, 0.29) is 0 Å². The van der Waals surface area contributed by atoms with Crippen molar-refractivity contribution in [3.63, 3.8) is 0 Å². The summed E-state index contributed by atoms with van der Waals surface area (Å²) < 4.78 is 0. The molecule has 0 fully saturated rings. The summed E-state index contributed by atoms with van der Waals surface area (Å²) in [5.74, 6) is 1.29. The molecule has 7 heteroatoms. The predicted octanol–water partition coefficient (Wildman–Crippen LogP) is 1.92. The third-order valence-corrected chi connectivity index (χ3v) is 2.95. The molecule has 1 aromatic carbocycles. The van der Waals surface area contributed by atoms with Crippen molar-refractivity contribution in [3.8, 4) is 11.4 Å². The first kappa shape index (κ1) is 10.0. The van der Waals surface area contributed by atoms with Gasteiger partial charge in [-0.2, -0.15) is 5.10 Å². The van der Waals surface area contributed by atoms with Gasteiger partial charge in [0, 0.05) is 11.6 Å². The fourth-order valence-corrected chi connectivity index (χ4v) is 2.05. The van der Waals surface area contributed by atoms with Crippen LogP contribution in [-0.4, -0.2) is 30.6 Å². The van der Waals surface area contributed by atoms with Crippen molar-refractivity contribution in [2.24, 2.45) is 0 Å². The summed E-state index contributed by atoms with van der Waals surface area (Å²) in [6.45, 7) is 0. The Labute approximate surface area is 107 Å². The number of aromatic amines is 2. The molecule has 0 bridgehead atoms. The van der Waals surface area contributed by atoms with Crippen molar-refractivity contribution < 1.29 is 0 Å². The number of nitrogens with zero attached hydrogens (tertiary/aromatic N) is 4. The van der Waals surface area contributed by atoms with Gasteiger partial charge in [0.1, 0.15) is 5.69 Å². The van der Waals surface area contributed by atoms with Crippen molar-refractivity contribution in [2.45, 2.75) is 0 Å². The monoisotopic (exact) mass is 251 g/mol. The van der Waals surface area contributed by atoms with Crippen LogP contribution in [0.15, 0.2) is 36.5 Å². The molecule has 7 nitrogen and oxygen atoms in total. The largest absolute Gasteiger partial charge is 0.320 e. The van der Waals surface area contributed by atoms with Gasteiger partial charge in [0.05, 0.1) is 11.2 Å². The van der Waals surface area contributed by atoms with Crippen molar-refractivity contribution in [2.75, 3.05) is 5.32 Å². The van der Waals surface area contributed by atoms with Gasteiger partial charge in [-0.1, -0.05) is 17.3 Å². The number of nitrogens with one attached hydrogen (secondary N) is 3. The second kappa shape index (κ2) is 3.77. The minimum Gasteiger partial charge on any atom is -0.320 e. The molecule has 0 unspecified atom stereocenters. The first-order valence-electron chi connectivity index (χ1n) is 5.78. The quantitative estimate of drug-likeness (QED) is 0.506. The number of hydrogen-bond acceptors (Lipinski definition) is 5. The number of H-pyrrole nitrogens is 2. The number of rotatable bonds is 2. The van der Waals surface area contributed by atoms with E-state index in [9.17, 15) is 0 Å². The molecule has 2 aliphatic rings. The fourth-order valence-electron chi connectivity index (χ4n) is 2.05. The SMILES string of the molecule is c1ccc2c(Nc3nn[nH]c4ccnc3-4)n[nH]c2c1. The van der Waals surface area contributed by atoms with Gasteiger partial charge >= 0.3 is 0 Å². The molecule has 2 aromatic rings. The molecule has 0 aliphatic carbocycles. The van der Waals surface area contributed by atoms with Crippen molar-refractivity contribution in [1.82, 2.24) is 30.6 Å². The number of fused-ring (bicyclic) bond motifs is 2. The first-order chi connectivity index (χ1) is 9.42. The van der Waals surface area contributed by atoms with Crippen LogP contribution in [0.4, 0.5) is 11.6 Å². The van der Waals surface area contributed by atoms with Gasteiger partial charge in [0.15, 0.2) is 11.6 Å². The van der Waals surface area contributed by atoms with Crippen LogP contribution >= 0.6 is 0 Å². The highest BCUT2D eigenvalue weighted by Gasteiger charge is 2.14. The number of para-hydroxylation sites is 1. The second-order valence-corrected chi connectivity index (χ2v) is 4.11. The lowest BCUT2D eigenvalue weighted by atomic mass is 10.2. The number of aromatic nitrogens is 6. The van der Waals surface area contributed by atoms with E-state index in [0.717, 1.165) is 22.3 Å². The molecule has 0 spiro atoms. The van der Waals surface area contributed by atoms with E-state index in [0.29, 0.717) is 11.6 Å². The smallest absolute Gasteiger partial charge is 0.184 e. The van der Waals surface area contributed by atoms with Crippen LogP contribution in [-0.2, 0) is 0 Å². The number of hydrogen-bond donors (Lipinski definition) is 3. The third-order valence-electron chi connectivity index (χ3n) is 2.95. The van der Waals surface area contributed by atoms with E-state index in [4.69, 9.17) is 0 Å². The molecular formula is C12H9N7.